The minimum atomic E-state index is -0.914. The van der Waals surface area contributed by atoms with Crippen LogP contribution in [-0.4, -0.2) is 35.5 Å². The van der Waals surface area contributed by atoms with Gasteiger partial charge in [-0.05, 0) is 69.1 Å². The number of carbonyl (C=O) groups excluding carboxylic acids is 2. The molecule has 0 bridgehead atoms. The van der Waals surface area contributed by atoms with Gasteiger partial charge in [0.25, 0.3) is 5.91 Å². The Kier molecular flexibility index (Phi) is 5.84. The SMILES string of the molecule is Cc1ccc(NCC2(O)CCc3sc(CC(=O)C4CC4)c(C(=O)NCC4CC4)c3C2)cc1. The van der Waals surface area contributed by atoms with E-state index in [1.165, 1.54) is 23.3 Å². The highest BCUT2D eigenvalue weighted by atomic mass is 32.1. The molecule has 170 valence electrons. The highest BCUT2D eigenvalue weighted by Crippen LogP contribution is 2.40. The van der Waals surface area contributed by atoms with Crippen LogP contribution in [-0.2, 0) is 24.1 Å². The van der Waals surface area contributed by atoms with Crippen LogP contribution >= 0.6 is 11.3 Å². The van der Waals surface area contributed by atoms with Gasteiger partial charge in [-0.2, -0.15) is 0 Å². The number of hydrogen-bond acceptors (Lipinski definition) is 5. The Labute approximate surface area is 193 Å². The molecule has 1 heterocycles. The van der Waals surface area contributed by atoms with Crippen LogP contribution in [0.1, 0.15) is 63.3 Å². The number of ketones is 1. The summed E-state index contributed by atoms with van der Waals surface area (Å²) in [5.41, 5.74) is 2.90. The monoisotopic (exact) mass is 452 g/mol. The Morgan fingerprint density at radius 3 is 2.59 bits per heavy atom. The molecule has 1 unspecified atom stereocenters. The quantitative estimate of drug-likeness (QED) is 0.536. The number of anilines is 1. The zero-order valence-corrected chi connectivity index (χ0v) is 19.5. The van der Waals surface area contributed by atoms with E-state index in [1.54, 1.807) is 11.3 Å². The normalized spacial score (nSPS) is 22.3. The first-order valence-electron chi connectivity index (χ1n) is 11.9. The maximum atomic E-state index is 13.2. The summed E-state index contributed by atoms with van der Waals surface area (Å²) in [5, 5.41) is 17.9. The Morgan fingerprint density at radius 1 is 1.16 bits per heavy atom. The third kappa shape index (κ3) is 4.91. The van der Waals surface area contributed by atoms with Gasteiger partial charge in [-0.3, -0.25) is 9.59 Å². The molecule has 0 radical (unpaired) electrons. The van der Waals surface area contributed by atoms with E-state index in [1.807, 2.05) is 12.1 Å². The molecule has 0 aliphatic heterocycles. The lowest BCUT2D eigenvalue weighted by molar-refractivity contribution is -0.119. The van der Waals surface area contributed by atoms with Crippen molar-refractivity contribution in [1.29, 1.82) is 0 Å². The first-order valence-corrected chi connectivity index (χ1v) is 12.7. The fraction of sp³-hybridized carbons (Fsp3) is 0.538. The van der Waals surface area contributed by atoms with Gasteiger partial charge in [0.1, 0.15) is 5.78 Å². The molecule has 2 fully saturated rings. The van der Waals surface area contributed by atoms with Crippen molar-refractivity contribution in [3.8, 4) is 0 Å². The summed E-state index contributed by atoms with van der Waals surface area (Å²) in [7, 11) is 0. The van der Waals surface area contributed by atoms with Crippen molar-refractivity contribution >= 4 is 28.7 Å². The van der Waals surface area contributed by atoms with E-state index in [2.05, 4.69) is 29.7 Å². The molecule has 1 amide bonds. The molecule has 1 atom stereocenters. The smallest absolute Gasteiger partial charge is 0.252 e. The molecule has 0 saturated heterocycles. The molecule has 0 spiro atoms. The average molecular weight is 453 g/mol. The van der Waals surface area contributed by atoms with E-state index in [4.69, 9.17) is 0 Å². The fourth-order valence-corrected chi connectivity index (χ4v) is 5.89. The standard InChI is InChI=1S/C26H32N2O3S/c1-16-2-8-19(9-3-16)28-15-26(31)11-10-22-20(13-26)24(25(30)27-14-17-4-5-17)23(32-22)12-21(29)18-6-7-18/h2-3,8-9,17-18,28,31H,4-7,10-15H2,1H3,(H,27,30). The third-order valence-corrected chi connectivity index (χ3v) is 8.29. The number of fused-ring (bicyclic) bond motifs is 1. The summed E-state index contributed by atoms with van der Waals surface area (Å²) in [5.74, 6) is 0.979. The number of amides is 1. The first-order chi connectivity index (χ1) is 15.4. The molecule has 6 heteroatoms. The van der Waals surface area contributed by atoms with E-state index in [0.717, 1.165) is 35.4 Å². The second-order valence-electron chi connectivity index (χ2n) is 9.99. The van der Waals surface area contributed by atoms with Crippen LogP contribution in [0.15, 0.2) is 24.3 Å². The van der Waals surface area contributed by atoms with Gasteiger partial charge in [-0.15, -0.1) is 11.3 Å². The minimum absolute atomic E-state index is 0.0660. The van der Waals surface area contributed by atoms with Crippen LogP contribution in [0, 0.1) is 18.8 Å². The van der Waals surface area contributed by atoms with Crippen LogP contribution < -0.4 is 10.6 Å². The molecule has 2 aromatic rings. The predicted molar refractivity (Wildman–Crippen MR) is 127 cm³/mol. The number of rotatable bonds is 9. The summed E-state index contributed by atoms with van der Waals surface area (Å²) < 4.78 is 0. The Bertz CT molecular complexity index is 1020. The van der Waals surface area contributed by atoms with E-state index in [-0.39, 0.29) is 17.6 Å². The predicted octanol–water partition coefficient (Wildman–Crippen LogP) is 4.05. The highest BCUT2D eigenvalue weighted by Gasteiger charge is 2.38. The Hall–Kier alpha value is -2.18. The van der Waals surface area contributed by atoms with Gasteiger partial charge in [-0.1, -0.05) is 17.7 Å². The van der Waals surface area contributed by atoms with Gasteiger partial charge in [0.05, 0.1) is 11.2 Å². The van der Waals surface area contributed by atoms with Crippen molar-refractivity contribution in [3.05, 3.63) is 50.7 Å². The van der Waals surface area contributed by atoms with Crippen molar-refractivity contribution in [2.24, 2.45) is 11.8 Å². The fourth-order valence-electron chi connectivity index (χ4n) is 4.55. The summed E-state index contributed by atoms with van der Waals surface area (Å²) in [4.78, 5) is 27.8. The van der Waals surface area contributed by atoms with Gasteiger partial charge in [0.2, 0.25) is 0 Å². The van der Waals surface area contributed by atoms with E-state index >= 15 is 0 Å². The molecule has 3 N–H and O–H groups in total. The van der Waals surface area contributed by atoms with Gasteiger partial charge < -0.3 is 15.7 Å². The lowest BCUT2D eigenvalue weighted by atomic mass is 9.82. The molecule has 3 aliphatic rings. The highest BCUT2D eigenvalue weighted by molar-refractivity contribution is 7.12. The number of aliphatic hydroxyl groups is 1. The Morgan fingerprint density at radius 2 is 1.91 bits per heavy atom. The van der Waals surface area contributed by atoms with E-state index in [9.17, 15) is 14.7 Å². The van der Waals surface area contributed by atoms with Crippen molar-refractivity contribution in [3.63, 3.8) is 0 Å². The van der Waals surface area contributed by atoms with Crippen LogP contribution in [0.5, 0.6) is 0 Å². The lowest BCUT2D eigenvalue weighted by Gasteiger charge is -2.33. The second kappa shape index (κ2) is 8.64. The van der Waals surface area contributed by atoms with Gasteiger partial charge >= 0.3 is 0 Å². The van der Waals surface area contributed by atoms with Crippen molar-refractivity contribution < 1.29 is 14.7 Å². The first kappa shape index (κ1) is 21.7. The number of aryl methyl sites for hydroxylation is 2. The number of benzene rings is 1. The number of thiophene rings is 1. The number of nitrogens with one attached hydrogen (secondary N) is 2. The molecular weight excluding hydrogens is 420 g/mol. The zero-order valence-electron chi connectivity index (χ0n) is 18.7. The average Bonchev–Trinajstić information content (AvgIpc) is 3.68. The van der Waals surface area contributed by atoms with Gasteiger partial charge in [0, 0.05) is 47.3 Å². The maximum absolute atomic E-state index is 13.2. The molecule has 32 heavy (non-hydrogen) atoms. The zero-order chi connectivity index (χ0) is 22.3. The van der Waals surface area contributed by atoms with Crippen molar-refractivity contribution in [2.45, 2.75) is 63.9 Å². The van der Waals surface area contributed by atoms with Crippen molar-refractivity contribution in [2.75, 3.05) is 18.4 Å². The molecule has 1 aromatic heterocycles. The second-order valence-corrected chi connectivity index (χ2v) is 11.2. The van der Waals surface area contributed by atoms with Gasteiger partial charge in [0.15, 0.2) is 0 Å². The van der Waals surface area contributed by atoms with E-state index < -0.39 is 5.60 Å². The van der Waals surface area contributed by atoms with Crippen molar-refractivity contribution in [1.82, 2.24) is 5.32 Å². The largest absolute Gasteiger partial charge is 0.388 e. The topological polar surface area (TPSA) is 78.4 Å². The van der Waals surface area contributed by atoms with Crippen LogP contribution in [0.3, 0.4) is 0 Å². The van der Waals surface area contributed by atoms with E-state index in [0.29, 0.717) is 43.8 Å². The third-order valence-electron chi connectivity index (χ3n) is 7.00. The van der Waals surface area contributed by atoms with Gasteiger partial charge in [-0.25, -0.2) is 0 Å². The molecule has 2 saturated carbocycles. The summed E-state index contributed by atoms with van der Waals surface area (Å²) in [6.07, 6.45) is 6.52. The molecule has 1 aromatic carbocycles. The Balaban J connectivity index is 1.35. The molecular formula is C26H32N2O3S. The number of carbonyl (C=O) groups is 2. The molecule has 5 rings (SSSR count). The minimum Gasteiger partial charge on any atom is -0.388 e. The summed E-state index contributed by atoms with van der Waals surface area (Å²) in [6, 6.07) is 8.15. The number of Topliss-reactive ketones (excluding diaryl/α,β-unsaturated/α-hetero) is 1. The van der Waals surface area contributed by atoms with Crippen LogP contribution in [0.2, 0.25) is 0 Å². The number of hydrogen-bond donors (Lipinski definition) is 3. The maximum Gasteiger partial charge on any atom is 0.252 e. The molecule has 3 aliphatic carbocycles. The summed E-state index contributed by atoms with van der Waals surface area (Å²) >= 11 is 1.62. The molecule has 5 nitrogen and oxygen atoms in total. The summed E-state index contributed by atoms with van der Waals surface area (Å²) in [6.45, 7) is 3.20. The van der Waals surface area contributed by atoms with Crippen LogP contribution in [0.25, 0.3) is 0 Å². The lowest BCUT2D eigenvalue weighted by Crippen LogP contribution is -2.42. The van der Waals surface area contributed by atoms with Crippen LogP contribution in [0.4, 0.5) is 5.69 Å².